The highest BCUT2D eigenvalue weighted by atomic mass is 16.3. The second kappa shape index (κ2) is 6.75. The summed E-state index contributed by atoms with van der Waals surface area (Å²) < 4.78 is 0. The fourth-order valence-corrected chi connectivity index (χ4v) is 3.60. The molecule has 2 fully saturated rings. The lowest BCUT2D eigenvalue weighted by atomic mass is 10.0. The molecule has 2 saturated carbocycles. The Kier molecular flexibility index (Phi) is 5.30. The molecule has 1 N–H and O–H groups in total. The molecule has 0 heterocycles. The Morgan fingerprint density at radius 2 is 1.65 bits per heavy atom. The van der Waals surface area contributed by atoms with Gasteiger partial charge in [-0.25, -0.2) is 0 Å². The van der Waals surface area contributed by atoms with E-state index < -0.39 is 0 Å². The molecule has 0 aromatic rings. The monoisotopic (exact) mass is 239 g/mol. The number of aliphatic hydroxyl groups excluding tert-OH is 1. The lowest BCUT2D eigenvalue weighted by Gasteiger charge is -2.28. The molecule has 2 aliphatic rings. The second-order valence-corrected chi connectivity index (χ2v) is 6.17. The van der Waals surface area contributed by atoms with Crippen LogP contribution in [0.2, 0.25) is 0 Å². The molecule has 0 aromatic heterocycles. The van der Waals surface area contributed by atoms with E-state index in [1.54, 1.807) is 0 Å². The normalized spacial score (nSPS) is 31.9. The molecule has 2 heteroatoms. The predicted molar refractivity (Wildman–Crippen MR) is 72.1 cm³/mol. The Balaban J connectivity index is 1.70. The summed E-state index contributed by atoms with van der Waals surface area (Å²) in [5.74, 6) is 0.586. The van der Waals surface area contributed by atoms with Crippen LogP contribution < -0.4 is 0 Å². The minimum absolute atomic E-state index is 0.00228. The molecule has 0 bridgehead atoms. The lowest BCUT2D eigenvalue weighted by Crippen LogP contribution is -2.33. The molecular weight excluding hydrogens is 210 g/mol. The average Bonchev–Trinajstić information content (AvgIpc) is 2.58. The van der Waals surface area contributed by atoms with E-state index in [4.69, 9.17) is 0 Å². The highest BCUT2D eigenvalue weighted by Crippen LogP contribution is 2.29. The van der Waals surface area contributed by atoms with E-state index in [9.17, 15) is 5.11 Å². The minimum Gasteiger partial charge on any atom is -0.393 e. The quantitative estimate of drug-likeness (QED) is 0.762. The first-order valence-electron chi connectivity index (χ1n) is 7.65. The Labute approximate surface area is 106 Å². The molecule has 2 nitrogen and oxygen atoms in total. The topological polar surface area (TPSA) is 23.5 Å². The zero-order chi connectivity index (χ0) is 12.1. The predicted octanol–water partition coefficient (Wildman–Crippen LogP) is 3.19. The van der Waals surface area contributed by atoms with E-state index in [0.717, 1.165) is 12.5 Å². The molecule has 0 aromatic carbocycles. The van der Waals surface area contributed by atoms with Crippen LogP contribution in [0.5, 0.6) is 0 Å². The largest absolute Gasteiger partial charge is 0.393 e. The van der Waals surface area contributed by atoms with E-state index in [1.165, 1.54) is 64.3 Å². The van der Waals surface area contributed by atoms with Crippen molar-refractivity contribution in [2.75, 3.05) is 13.6 Å². The van der Waals surface area contributed by atoms with Gasteiger partial charge in [0.1, 0.15) is 0 Å². The van der Waals surface area contributed by atoms with Crippen LogP contribution in [0.1, 0.15) is 64.2 Å². The van der Waals surface area contributed by atoms with Crippen molar-refractivity contribution in [3.05, 3.63) is 0 Å². The highest BCUT2D eigenvalue weighted by molar-refractivity contribution is 4.79. The standard InChI is InChI=1S/C15H29NO/c1-16(14-8-4-2-3-5-9-14)12-11-13-7-6-10-15(13)17/h13-15,17H,2-12H2,1H3. The third-order valence-corrected chi connectivity index (χ3v) is 4.92. The van der Waals surface area contributed by atoms with Crippen molar-refractivity contribution in [2.24, 2.45) is 5.92 Å². The third kappa shape index (κ3) is 3.96. The summed E-state index contributed by atoms with van der Waals surface area (Å²) in [6.07, 6.45) is 13.2. The van der Waals surface area contributed by atoms with E-state index >= 15 is 0 Å². The van der Waals surface area contributed by atoms with Gasteiger partial charge in [-0.05, 0) is 51.6 Å². The molecule has 2 atom stereocenters. The fourth-order valence-electron chi connectivity index (χ4n) is 3.60. The van der Waals surface area contributed by atoms with Gasteiger partial charge >= 0.3 is 0 Å². The molecule has 0 spiro atoms. The molecule has 0 saturated heterocycles. The number of hydrogen-bond donors (Lipinski definition) is 1. The first-order valence-corrected chi connectivity index (χ1v) is 7.65. The summed E-state index contributed by atoms with van der Waals surface area (Å²) in [5.41, 5.74) is 0. The molecular formula is C15H29NO. The number of hydrogen-bond acceptors (Lipinski definition) is 2. The van der Waals surface area contributed by atoms with Gasteiger partial charge in [-0.15, -0.1) is 0 Å². The summed E-state index contributed by atoms with van der Waals surface area (Å²) in [5, 5.41) is 9.84. The molecule has 100 valence electrons. The second-order valence-electron chi connectivity index (χ2n) is 6.17. The van der Waals surface area contributed by atoms with Crippen LogP contribution in [0.15, 0.2) is 0 Å². The molecule has 2 aliphatic carbocycles. The van der Waals surface area contributed by atoms with Crippen LogP contribution in [0, 0.1) is 5.92 Å². The van der Waals surface area contributed by atoms with Crippen molar-refractivity contribution >= 4 is 0 Å². The first-order chi connectivity index (χ1) is 8.27. The van der Waals surface area contributed by atoms with Crippen LogP contribution >= 0.6 is 0 Å². The first kappa shape index (κ1) is 13.4. The average molecular weight is 239 g/mol. The molecule has 0 aliphatic heterocycles. The Morgan fingerprint density at radius 1 is 0.941 bits per heavy atom. The minimum atomic E-state index is -0.00228. The molecule has 2 unspecified atom stereocenters. The van der Waals surface area contributed by atoms with Crippen LogP contribution in [0.3, 0.4) is 0 Å². The fraction of sp³-hybridized carbons (Fsp3) is 1.00. The Hall–Kier alpha value is -0.0800. The summed E-state index contributed by atoms with van der Waals surface area (Å²) in [6, 6.07) is 0.816. The van der Waals surface area contributed by atoms with Crippen molar-refractivity contribution in [1.82, 2.24) is 4.90 Å². The van der Waals surface area contributed by atoms with E-state index in [-0.39, 0.29) is 6.10 Å². The summed E-state index contributed by atoms with van der Waals surface area (Å²) in [6.45, 7) is 1.19. The smallest absolute Gasteiger partial charge is 0.0568 e. The van der Waals surface area contributed by atoms with Gasteiger partial charge in [0.2, 0.25) is 0 Å². The molecule has 2 rings (SSSR count). The van der Waals surface area contributed by atoms with Gasteiger partial charge < -0.3 is 10.0 Å². The highest BCUT2D eigenvalue weighted by Gasteiger charge is 2.26. The van der Waals surface area contributed by atoms with Crippen LogP contribution in [-0.2, 0) is 0 Å². The van der Waals surface area contributed by atoms with Gasteiger partial charge in [-0.2, -0.15) is 0 Å². The zero-order valence-electron chi connectivity index (χ0n) is 11.4. The maximum Gasteiger partial charge on any atom is 0.0568 e. The van der Waals surface area contributed by atoms with Gasteiger partial charge in [0, 0.05) is 6.04 Å². The van der Waals surface area contributed by atoms with E-state index in [1.807, 2.05) is 0 Å². The SMILES string of the molecule is CN(CCC1CCCC1O)C1CCCCCC1. The van der Waals surface area contributed by atoms with Crippen LogP contribution in [0.25, 0.3) is 0 Å². The van der Waals surface area contributed by atoms with Crippen molar-refractivity contribution in [2.45, 2.75) is 76.4 Å². The van der Waals surface area contributed by atoms with Gasteiger partial charge in [0.25, 0.3) is 0 Å². The van der Waals surface area contributed by atoms with Crippen molar-refractivity contribution in [3.63, 3.8) is 0 Å². The van der Waals surface area contributed by atoms with Gasteiger partial charge in [-0.3, -0.25) is 0 Å². The number of nitrogens with zero attached hydrogens (tertiary/aromatic N) is 1. The maximum absolute atomic E-state index is 9.84. The summed E-state index contributed by atoms with van der Waals surface area (Å²) >= 11 is 0. The number of rotatable bonds is 4. The van der Waals surface area contributed by atoms with Crippen molar-refractivity contribution < 1.29 is 5.11 Å². The van der Waals surface area contributed by atoms with Gasteiger partial charge in [0.15, 0.2) is 0 Å². The van der Waals surface area contributed by atoms with E-state index in [0.29, 0.717) is 5.92 Å². The third-order valence-electron chi connectivity index (χ3n) is 4.92. The van der Waals surface area contributed by atoms with Crippen molar-refractivity contribution in [1.29, 1.82) is 0 Å². The summed E-state index contributed by atoms with van der Waals surface area (Å²) in [4.78, 5) is 2.57. The number of aliphatic hydroxyl groups is 1. The Morgan fingerprint density at radius 3 is 2.24 bits per heavy atom. The van der Waals surface area contributed by atoms with E-state index in [2.05, 4.69) is 11.9 Å². The van der Waals surface area contributed by atoms with Crippen LogP contribution in [0.4, 0.5) is 0 Å². The van der Waals surface area contributed by atoms with Crippen molar-refractivity contribution in [3.8, 4) is 0 Å². The summed E-state index contributed by atoms with van der Waals surface area (Å²) in [7, 11) is 2.29. The molecule has 0 radical (unpaired) electrons. The molecule has 17 heavy (non-hydrogen) atoms. The van der Waals surface area contributed by atoms with Gasteiger partial charge in [0.05, 0.1) is 6.10 Å². The Bertz CT molecular complexity index is 211. The molecule has 0 amide bonds. The lowest BCUT2D eigenvalue weighted by molar-refractivity contribution is 0.114. The maximum atomic E-state index is 9.84. The van der Waals surface area contributed by atoms with Gasteiger partial charge in [-0.1, -0.05) is 32.1 Å². The van der Waals surface area contributed by atoms with Crippen LogP contribution in [-0.4, -0.2) is 35.7 Å². The zero-order valence-corrected chi connectivity index (χ0v) is 11.4.